The summed E-state index contributed by atoms with van der Waals surface area (Å²) in [6, 6.07) is 16.5. The average molecular weight is 461 g/mol. The molecule has 0 fully saturated rings. The van der Waals surface area contributed by atoms with Gasteiger partial charge in [0, 0.05) is 11.8 Å². The van der Waals surface area contributed by atoms with E-state index in [2.05, 4.69) is 5.32 Å². The molecule has 0 saturated carbocycles. The quantitative estimate of drug-likeness (QED) is 0.261. The number of nitrogens with one attached hydrogen (secondary N) is 1. The van der Waals surface area contributed by atoms with Crippen LogP contribution in [0.25, 0.3) is 18.2 Å². The van der Waals surface area contributed by atoms with E-state index < -0.39 is 0 Å². The van der Waals surface area contributed by atoms with Crippen molar-refractivity contribution in [3.05, 3.63) is 77.4 Å². The number of amides is 1. The minimum absolute atomic E-state index is 0.286. The molecule has 0 aliphatic carbocycles. The maximum absolute atomic E-state index is 12.5. The van der Waals surface area contributed by atoms with Crippen molar-refractivity contribution in [2.45, 2.75) is 0 Å². The highest BCUT2D eigenvalue weighted by molar-refractivity contribution is 6.03. The van der Waals surface area contributed by atoms with Crippen molar-refractivity contribution in [3.63, 3.8) is 0 Å². The van der Waals surface area contributed by atoms with Crippen LogP contribution in [0.15, 0.2) is 60.7 Å². The van der Waals surface area contributed by atoms with Gasteiger partial charge in [-0.05, 0) is 59.2 Å². The second-order valence-electron chi connectivity index (χ2n) is 7.24. The molecular weight excluding hydrogens is 432 g/mol. The topological polar surface area (TPSA) is 92.0 Å². The number of nitrogen functional groups attached to an aromatic ring is 1. The fraction of sp³-hybridized carbons (Fsp3) is 0.148. The zero-order chi connectivity index (χ0) is 24.5. The maximum Gasteiger partial charge on any atom is 0.248 e. The van der Waals surface area contributed by atoms with Gasteiger partial charge in [0.05, 0.1) is 34.1 Å². The summed E-state index contributed by atoms with van der Waals surface area (Å²) in [4.78, 5) is 12.5. The molecule has 0 heterocycles. The largest absolute Gasteiger partial charge is 0.495 e. The molecule has 0 spiro atoms. The van der Waals surface area contributed by atoms with Gasteiger partial charge < -0.3 is 30.0 Å². The molecule has 3 N–H and O–H groups in total. The summed E-state index contributed by atoms with van der Waals surface area (Å²) in [6.07, 6.45) is 6.98. The van der Waals surface area contributed by atoms with Crippen LogP contribution >= 0.6 is 0 Å². The smallest absolute Gasteiger partial charge is 0.248 e. The Morgan fingerprint density at radius 1 is 0.735 bits per heavy atom. The molecule has 3 rings (SSSR count). The number of ether oxygens (including phenoxy) is 4. The Hall–Kier alpha value is -4.39. The van der Waals surface area contributed by atoms with Crippen LogP contribution in [-0.4, -0.2) is 34.3 Å². The summed E-state index contributed by atoms with van der Waals surface area (Å²) >= 11 is 0. The summed E-state index contributed by atoms with van der Waals surface area (Å²) in [5, 5.41) is 2.86. The molecule has 3 aromatic carbocycles. The first-order chi connectivity index (χ1) is 16.5. The maximum atomic E-state index is 12.5. The van der Waals surface area contributed by atoms with E-state index in [1.807, 2.05) is 48.6 Å². The molecule has 7 heteroatoms. The van der Waals surface area contributed by atoms with Gasteiger partial charge in [0.1, 0.15) is 5.75 Å². The third-order valence-electron chi connectivity index (χ3n) is 4.97. The minimum atomic E-state index is -0.286. The van der Waals surface area contributed by atoms with Crippen molar-refractivity contribution >= 4 is 35.5 Å². The molecular formula is C27H28N2O5. The van der Waals surface area contributed by atoms with Crippen molar-refractivity contribution in [1.29, 1.82) is 0 Å². The predicted molar refractivity (Wildman–Crippen MR) is 137 cm³/mol. The van der Waals surface area contributed by atoms with Gasteiger partial charge in [-0.3, -0.25) is 4.79 Å². The second-order valence-corrected chi connectivity index (χ2v) is 7.24. The van der Waals surface area contributed by atoms with E-state index in [0.29, 0.717) is 34.4 Å². The van der Waals surface area contributed by atoms with Crippen LogP contribution in [0.1, 0.15) is 16.7 Å². The van der Waals surface area contributed by atoms with Crippen LogP contribution in [0.2, 0.25) is 0 Å². The van der Waals surface area contributed by atoms with E-state index >= 15 is 0 Å². The molecule has 0 atom stereocenters. The molecule has 7 nitrogen and oxygen atoms in total. The molecule has 1 amide bonds. The molecule has 0 unspecified atom stereocenters. The number of benzene rings is 3. The molecule has 0 saturated heterocycles. The first-order valence-corrected chi connectivity index (χ1v) is 10.5. The Kier molecular flexibility index (Phi) is 8.18. The highest BCUT2D eigenvalue weighted by Crippen LogP contribution is 2.38. The lowest BCUT2D eigenvalue weighted by Gasteiger charge is -2.13. The first-order valence-electron chi connectivity index (χ1n) is 10.5. The first kappa shape index (κ1) is 24.3. The standard InChI is InChI=1S/C27H28N2O5/c1-31-23-12-10-19(8-9-20-16-24(32-2)27(34-4)25(17-20)33-3)15-22(23)29-26(30)13-11-18-6-5-7-21(28)14-18/h5-17H,28H2,1-4H3,(H,29,30)/b9-8?,13-11+. The van der Waals surface area contributed by atoms with Crippen molar-refractivity contribution in [2.24, 2.45) is 0 Å². The number of nitrogens with two attached hydrogens (primary N) is 1. The monoisotopic (exact) mass is 460 g/mol. The van der Waals surface area contributed by atoms with Gasteiger partial charge >= 0.3 is 0 Å². The Morgan fingerprint density at radius 2 is 1.38 bits per heavy atom. The minimum Gasteiger partial charge on any atom is -0.495 e. The molecule has 0 radical (unpaired) electrons. The third-order valence-corrected chi connectivity index (χ3v) is 4.97. The van der Waals surface area contributed by atoms with Gasteiger partial charge in [0.2, 0.25) is 11.7 Å². The van der Waals surface area contributed by atoms with E-state index in [4.69, 9.17) is 24.7 Å². The van der Waals surface area contributed by atoms with Crippen LogP contribution in [0.3, 0.4) is 0 Å². The van der Waals surface area contributed by atoms with Crippen LogP contribution in [0, 0.1) is 0 Å². The molecule has 0 bridgehead atoms. The van der Waals surface area contributed by atoms with E-state index in [1.165, 1.54) is 6.08 Å². The molecule has 0 aliphatic rings. The average Bonchev–Trinajstić information content (AvgIpc) is 2.85. The van der Waals surface area contributed by atoms with Crippen molar-refractivity contribution < 1.29 is 23.7 Å². The lowest BCUT2D eigenvalue weighted by atomic mass is 10.1. The van der Waals surface area contributed by atoms with Gasteiger partial charge in [-0.1, -0.05) is 30.4 Å². The molecule has 3 aromatic rings. The molecule has 0 aliphatic heterocycles. The zero-order valence-corrected chi connectivity index (χ0v) is 19.6. The van der Waals surface area contributed by atoms with Crippen LogP contribution in [-0.2, 0) is 4.79 Å². The molecule has 176 valence electrons. The van der Waals surface area contributed by atoms with Crippen LogP contribution in [0.5, 0.6) is 23.0 Å². The van der Waals surface area contributed by atoms with Gasteiger partial charge in [-0.15, -0.1) is 0 Å². The Bertz CT molecular complexity index is 1190. The number of methoxy groups -OCH3 is 4. The van der Waals surface area contributed by atoms with Gasteiger partial charge in [-0.2, -0.15) is 0 Å². The number of anilines is 2. The van der Waals surface area contributed by atoms with Crippen molar-refractivity contribution in [1.82, 2.24) is 0 Å². The summed E-state index contributed by atoms with van der Waals surface area (Å²) in [5.41, 5.74) is 9.53. The highest BCUT2D eigenvalue weighted by atomic mass is 16.5. The van der Waals surface area contributed by atoms with Crippen molar-refractivity contribution in [2.75, 3.05) is 39.5 Å². The Balaban J connectivity index is 1.81. The summed E-state index contributed by atoms with van der Waals surface area (Å²) in [7, 11) is 6.27. The molecule has 34 heavy (non-hydrogen) atoms. The summed E-state index contributed by atoms with van der Waals surface area (Å²) in [6.45, 7) is 0. The van der Waals surface area contributed by atoms with Gasteiger partial charge in [0.25, 0.3) is 0 Å². The summed E-state index contributed by atoms with van der Waals surface area (Å²) < 4.78 is 21.6. The van der Waals surface area contributed by atoms with Crippen LogP contribution < -0.4 is 30.0 Å². The Morgan fingerprint density at radius 3 is 2.00 bits per heavy atom. The van der Waals surface area contributed by atoms with Gasteiger partial charge in [-0.25, -0.2) is 0 Å². The van der Waals surface area contributed by atoms with Crippen molar-refractivity contribution in [3.8, 4) is 23.0 Å². The third kappa shape index (κ3) is 6.10. The number of carbonyl (C=O) groups is 1. The molecule has 0 aromatic heterocycles. The number of hydrogen-bond acceptors (Lipinski definition) is 6. The second kappa shape index (κ2) is 11.5. The number of rotatable bonds is 9. The lowest BCUT2D eigenvalue weighted by molar-refractivity contribution is -0.111. The van der Waals surface area contributed by atoms with Gasteiger partial charge in [0.15, 0.2) is 11.5 Å². The fourth-order valence-corrected chi connectivity index (χ4v) is 3.33. The predicted octanol–water partition coefficient (Wildman–Crippen LogP) is 5.13. The van der Waals surface area contributed by atoms with E-state index in [1.54, 1.807) is 52.7 Å². The fourth-order valence-electron chi connectivity index (χ4n) is 3.33. The van der Waals surface area contributed by atoms with E-state index in [9.17, 15) is 4.79 Å². The summed E-state index contributed by atoms with van der Waals surface area (Å²) in [5.74, 6) is 1.93. The van der Waals surface area contributed by atoms with E-state index in [0.717, 1.165) is 16.7 Å². The normalized spacial score (nSPS) is 10.9. The number of hydrogen-bond donors (Lipinski definition) is 2. The SMILES string of the molecule is COc1ccc(C=Cc2cc(OC)c(OC)c(OC)c2)cc1NC(=O)/C=C/c1cccc(N)c1. The zero-order valence-electron chi connectivity index (χ0n) is 19.6. The number of carbonyl (C=O) groups excluding carboxylic acids is 1. The van der Waals surface area contributed by atoms with E-state index in [-0.39, 0.29) is 5.91 Å². The lowest BCUT2D eigenvalue weighted by Crippen LogP contribution is -2.09. The highest BCUT2D eigenvalue weighted by Gasteiger charge is 2.12. The Labute approximate surface area is 199 Å². The van der Waals surface area contributed by atoms with Crippen LogP contribution in [0.4, 0.5) is 11.4 Å².